The summed E-state index contributed by atoms with van der Waals surface area (Å²) < 4.78 is 0. The summed E-state index contributed by atoms with van der Waals surface area (Å²) in [5.41, 5.74) is 11.1. The van der Waals surface area contributed by atoms with E-state index in [0.29, 0.717) is 5.56 Å². The second-order valence-corrected chi connectivity index (χ2v) is 4.35. The normalized spacial score (nSPS) is 16.3. The highest BCUT2D eigenvalue weighted by Gasteiger charge is 2.20. The molecule has 96 valence electrons. The molecule has 2 unspecified atom stereocenters. The molecule has 6 nitrogen and oxygen atoms in total. The minimum Gasteiger partial charge on any atom is -0.390 e. The molecular weight excluding hydrogens is 232 g/mol. The summed E-state index contributed by atoms with van der Waals surface area (Å²) in [5.74, 6) is 0. The van der Waals surface area contributed by atoms with Crippen LogP contribution in [-0.2, 0) is 6.42 Å². The van der Waals surface area contributed by atoms with Crippen LogP contribution in [-0.4, -0.2) is 29.4 Å². The quantitative estimate of drug-likeness (QED) is 0.420. The van der Waals surface area contributed by atoms with Gasteiger partial charge in [0.05, 0.1) is 6.10 Å². The van der Waals surface area contributed by atoms with Crippen molar-refractivity contribution in [3.05, 3.63) is 39.8 Å². The molecule has 18 heavy (non-hydrogen) atoms. The van der Waals surface area contributed by atoms with Crippen molar-refractivity contribution in [2.45, 2.75) is 25.0 Å². The van der Waals surface area contributed by atoms with Gasteiger partial charge in [-0.05, 0) is 35.6 Å². The molecule has 0 saturated carbocycles. The molecule has 0 bridgehead atoms. The zero-order chi connectivity index (χ0) is 13.0. The van der Waals surface area contributed by atoms with Crippen molar-refractivity contribution >= 4 is 5.69 Å². The van der Waals surface area contributed by atoms with Crippen molar-refractivity contribution in [3.8, 4) is 0 Å². The second kappa shape index (κ2) is 5.73. The monoisotopic (exact) mass is 248 g/mol. The topological polar surface area (TPSA) is 101 Å². The molecule has 2 atom stereocenters. The van der Waals surface area contributed by atoms with Gasteiger partial charge in [-0.15, -0.1) is 0 Å². The van der Waals surface area contributed by atoms with Crippen molar-refractivity contribution in [3.63, 3.8) is 0 Å². The van der Waals surface area contributed by atoms with Gasteiger partial charge in [0.25, 0.3) is 0 Å². The summed E-state index contributed by atoms with van der Waals surface area (Å²) in [6.45, 7) is 1.09. The van der Waals surface area contributed by atoms with Gasteiger partial charge in [0.15, 0.2) is 0 Å². The van der Waals surface area contributed by atoms with Crippen molar-refractivity contribution in [2.24, 2.45) is 5.11 Å². The molecule has 0 radical (unpaired) electrons. The van der Waals surface area contributed by atoms with Gasteiger partial charge in [-0.25, -0.2) is 0 Å². The number of fused-ring (bicyclic) bond motifs is 1. The Kier molecular flexibility index (Phi) is 4.04. The first-order chi connectivity index (χ1) is 8.72. The Morgan fingerprint density at radius 2 is 2.28 bits per heavy atom. The van der Waals surface area contributed by atoms with Crippen LogP contribution in [0.25, 0.3) is 10.4 Å². The minimum absolute atomic E-state index is 0.182. The third-order valence-electron chi connectivity index (χ3n) is 3.13. The Labute approximate surface area is 105 Å². The standard InChI is InChI=1S/C12H16N4O2/c13-16-15-6-4-11(17)12(18)9-1-2-10-8(7-9)3-5-14-10/h1-2,7,11-12,14,17-18H,3-6H2. The van der Waals surface area contributed by atoms with E-state index in [4.69, 9.17) is 5.53 Å². The van der Waals surface area contributed by atoms with E-state index < -0.39 is 12.2 Å². The number of azide groups is 1. The molecule has 6 heteroatoms. The van der Waals surface area contributed by atoms with E-state index in [1.54, 1.807) is 6.07 Å². The van der Waals surface area contributed by atoms with Crippen LogP contribution in [0.1, 0.15) is 23.7 Å². The number of anilines is 1. The van der Waals surface area contributed by atoms with E-state index in [2.05, 4.69) is 15.3 Å². The molecule has 1 aromatic carbocycles. The van der Waals surface area contributed by atoms with Crippen molar-refractivity contribution in [1.82, 2.24) is 0 Å². The van der Waals surface area contributed by atoms with E-state index in [9.17, 15) is 10.2 Å². The molecule has 2 rings (SSSR count). The van der Waals surface area contributed by atoms with Crippen LogP contribution in [0.3, 0.4) is 0 Å². The molecule has 0 spiro atoms. The average molecular weight is 248 g/mol. The highest BCUT2D eigenvalue weighted by atomic mass is 16.3. The lowest BCUT2D eigenvalue weighted by Crippen LogP contribution is -2.19. The summed E-state index contributed by atoms with van der Waals surface area (Å²) in [5, 5.41) is 26.4. The van der Waals surface area contributed by atoms with Crippen LogP contribution >= 0.6 is 0 Å². The molecule has 0 amide bonds. The van der Waals surface area contributed by atoms with Gasteiger partial charge in [0, 0.05) is 23.7 Å². The van der Waals surface area contributed by atoms with Gasteiger partial charge in [0.2, 0.25) is 0 Å². The average Bonchev–Trinajstić information content (AvgIpc) is 2.85. The number of nitrogens with zero attached hydrogens (tertiary/aromatic N) is 3. The summed E-state index contributed by atoms with van der Waals surface area (Å²) in [6, 6.07) is 5.64. The van der Waals surface area contributed by atoms with Gasteiger partial charge >= 0.3 is 0 Å². The number of hydrogen-bond acceptors (Lipinski definition) is 4. The fraction of sp³-hybridized carbons (Fsp3) is 0.500. The highest BCUT2D eigenvalue weighted by Crippen LogP contribution is 2.27. The zero-order valence-electron chi connectivity index (χ0n) is 9.95. The molecule has 0 saturated heterocycles. The SMILES string of the molecule is [N-]=[N+]=NCCC(O)C(O)c1ccc2c(c1)CCN2. The molecule has 1 aliphatic rings. The largest absolute Gasteiger partial charge is 0.390 e. The Morgan fingerprint density at radius 1 is 1.44 bits per heavy atom. The second-order valence-electron chi connectivity index (χ2n) is 4.35. The highest BCUT2D eigenvalue weighted by molar-refractivity contribution is 5.56. The van der Waals surface area contributed by atoms with Gasteiger partial charge in [-0.1, -0.05) is 17.2 Å². The number of aliphatic hydroxyl groups is 2. The third-order valence-corrected chi connectivity index (χ3v) is 3.13. The number of rotatable bonds is 5. The van der Waals surface area contributed by atoms with E-state index in [1.807, 2.05) is 12.1 Å². The van der Waals surface area contributed by atoms with Crippen LogP contribution in [0.15, 0.2) is 23.3 Å². The summed E-state index contributed by atoms with van der Waals surface area (Å²) in [4.78, 5) is 2.61. The van der Waals surface area contributed by atoms with Gasteiger partial charge in [-0.3, -0.25) is 0 Å². The molecule has 3 N–H and O–H groups in total. The molecule has 0 aliphatic carbocycles. The Balaban J connectivity index is 2.03. The predicted molar refractivity (Wildman–Crippen MR) is 68.2 cm³/mol. The lowest BCUT2D eigenvalue weighted by atomic mass is 9.99. The van der Waals surface area contributed by atoms with E-state index >= 15 is 0 Å². The van der Waals surface area contributed by atoms with E-state index in [-0.39, 0.29) is 13.0 Å². The van der Waals surface area contributed by atoms with E-state index in [1.165, 1.54) is 0 Å². The maximum Gasteiger partial charge on any atom is 0.105 e. The van der Waals surface area contributed by atoms with Crippen LogP contribution in [0.5, 0.6) is 0 Å². The lowest BCUT2D eigenvalue weighted by Gasteiger charge is -2.18. The van der Waals surface area contributed by atoms with Crippen molar-refractivity contribution in [2.75, 3.05) is 18.4 Å². The summed E-state index contributed by atoms with van der Waals surface area (Å²) in [7, 11) is 0. The number of hydrogen-bond donors (Lipinski definition) is 3. The smallest absolute Gasteiger partial charge is 0.105 e. The van der Waals surface area contributed by atoms with E-state index in [0.717, 1.165) is 24.2 Å². The summed E-state index contributed by atoms with van der Waals surface area (Å²) >= 11 is 0. The van der Waals surface area contributed by atoms with Crippen LogP contribution < -0.4 is 5.32 Å². The molecule has 1 heterocycles. The van der Waals surface area contributed by atoms with Gasteiger partial charge in [0.1, 0.15) is 6.10 Å². The minimum atomic E-state index is -0.940. The Hall–Kier alpha value is -1.75. The predicted octanol–water partition coefficient (Wildman–Crippen LogP) is 1.75. The maximum atomic E-state index is 10.0. The first-order valence-corrected chi connectivity index (χ1v) is 5.96. The molecule has 0 fully saturated rings. The fourth-order valence-corrected chi connectivity index (χ4v) is 2.12. The number of benzene rings is 1. The first kappa shape index (κ1) is 12.7. The zero-order valence-corrected chi connectivity index (χ0v) is 9.95. The van der Waals surface area contributed by atoms with Gasteiger partial charge in [-0.2, -0.15) is 0 Å². The van der Waals surface area contributed by atoms with Gasteiger partial charge < -0.3 is 15.5 Å². The van der Waals surface area contributed by atoms with Crippen molar-refractivity contribution < 1.29 is 10.2 Å². The third kappa shape index (κ3) is 2.73. The molecule has 1 aliphatic heterocycles. The number of nitrogens with one attached hydrogen (secondary N) is 1. The van der Waals surface area contributed by atoms with Crippen LogP contribution in [0, 0.1) is 0 Å². The van der Waals surface area contributed by atoms with Crippen LogP contribution in [0.4, 0.5) is 5.69 Å². The summed E-state index contributed by atoms with van der Waals surface area (Å²) in [6.07, 6.45) is -0.668. The molecule has 0 aromatic heterocycles. The molecule has 1 aromatic rings. The van der Waals surface area contributed by atoms with Crippen molar-refractivity contribution in [1.29, 1.82) is 0 Å². The fourth-order valence-electron chi connectivity index (χ4n) is 2.12. The Bertz CT molecular complexity index is 471. The first-order valence-electron chi connectivity index (χ1n) is 5.96. The lowest BCUT2D eigenvalue weighted by molar-refractivity contribution is 0.0150. The number of aliphatic hydroxyl groups excluding tert-OH is 2. The van der Waals surface area contributed by atoms with Crippen LogP contribution in [0.2, 0.25) is 0 Å². The Morgan fingerprint density at radius 3 is 3.06 bits per heavy atom. The molecular formula is C12H16N4O2. The maximum absolute atomic E-state index is 10.0.